The third-order valence-corrected chi connectivity index (χ3v) is 3.30. The van der Waals surface area contributed by atoms with Crippen LogP contribution in [0, 0.1) is 0 Å². The van der Waals surface area contributed by atoms with E-state index in [1.165, 1.54) is 0 Å². The summed E-state index contributed by atoms with van der Waals surface area (Å²) in [6, 6.07) is 11.0. The number of nitrogens with zero attached hydrogens (tertiary/aromatic N) is 2. The van der Waals surface area contributed by atoms with Crippen LogP contribution >= 0.6 is 0 Å². The van der Waals surface area contributed by atoms with Gasteiger partial charge in [-0.25, -0.2) is 0 Å². The Bertz CT molecular complexity index is 660. The topological polar surface area (TPSA) is 51.5 Å². The molecule has 3 rings (SSSR count). The summed E-state index contributed by atoms with van der Waals surface area (Å²) in [5, 5.41) is 0. The van der Waals surface area contributed by atoms with Crippen molar-refractivity contribution in [3.8, 4) is 0 Å². The molecule has 0 radical (unpaired) electrons. The SMILES string of the molecule is Cn1cccc1C(=O)N(Cc1ccco1)Cc1ccco1. The van der Waals surface area contributed by atoms with Crippen LogP contribution in [0.2, 0.25) is 0 Å². The molecule has 0 aromatic carbocycles. The van der Waals surface area contributed by atoms with Gasteiger partial charge >= 0.3 is 0 Å². The van der Waals surface area contributed by atoms with Gasteiger partial charge in [0.1, 0.15) is 17.2 Å². The Kier molecular flexibility index (Phi) is 3.64. The molecule has 0 saturated carbocycles. The first kappa shape index (κ1) is 13.3. The lowest BCUT2D eigenvalue weighted by Gasteiger charge is -2.20. The smallest absolute Gasteiger partial charge is 0.271 e. The fourth-order valence-corrected chi connectivity index (χ4v) is 2.23. The minimum Gasteiger partial charge on any atom is -0.467 e. The largest absolute Gasteiger partial charge is 0.467 e. The molecule has 0 atom stereocenters. The molecule has 0 saturated heterocycles. The van der Waals surface area contributed by atoms with Crippen molar-refractivity contribution in [2.75, 3.05) is 0 Å². The Hall–Kier alpha value is -2.69. The minimum atomic E-state index is -0.0599. The van der Waals surface area contributed by atoms with E-state index in [9.17, 15) is 4.79 Å². The zero-order valence-corrected chi connectivity index (χ0v) is 11.7. The maximum atomic E-state index is 12.7. The van der Waals surface area contributed by atoms with Gasteiger partial charge in [0, 0.05) is 13.2 Å². The number of amides is 1. The fourth-order valence-electron chi connectivity index (χ4n) is 2.23. The van der Waals surface area contributed by atoms with Gasteiger partial charge in [0.25, 0.3) is 5.91 Å². The molecule has 0 bridgehead atoms. The minimum absolute atomic E-state index is 0.0599. The number of aryl methyl sites for hydroxylation is 1. The molecule has 0 aliphatic heterocycles. The van der Waals surface area contributed by atoms with Crippen molar-refractivity contribution in [2.45, 2.75) is 13.1 Å². The molecule has 3 heterocycles. The van der Waals surface area contributed by atoms with Crippen LogP contribution in [0.3, 0.4) is 0 Å². The van der Waals surface area contributed by atoms with Gasteiger partial charge in [-0.15, -0.1) is 0 Å². The van der Waals surface area contributed by atoms with Crippen molar-refractivity contribution in [3.05, 3.63) is 72.3 Å². The summed E-state index contributed by atoms with van der Waals surface area (Å²) in [5.41, 5.74) is 0.633. The summed E-state index contributed by atoms with van der Waals surface area (Å²) >= 11 is 0. The highest BCUT2D eigenvalue weighted by Gasteiger charge is 2.20. The predicted molar refractivity (Wildman–Crippen MR) is 76.4 cm³/mol. The van der Waals surface area contributed by atoms with Crippen molar-refractivity contribution in [1.82, 2.24) is 9.47 Å². The summed E-state index contributed by atoms with van der Waals surface area (Å²) in [6.45, 7) is 0.801. The highest BCUT2D eigenvalue weighted by atomic mass is 16.3. The van der Waals surface area contributed by atoms with Crippen LogP contribution in [0.25, 0.3) is 0 Å². The number of rotatable bonds is 5. The number of aromatic nitrogens is 1. The van der Waals surface area contributed by atoms with Crippen LogP contribution in [0.5, 0.6) is 0 Å². The van der Waals surface area contributed by atoms with Crippen molar-refractivity contribution >= 4 is 5.91 Å². The normalized spacial score (nSPS) is 10.7. The van der Waals surface area contributed by atoms with Crippen LogP contribution in [-0.4, -0.2) is 15.4 Å². The Morgan fingerprint density at radius 1 is 1.05 bits per heavy atom. The zero-order chi connectivity index (χ0) is 14.7. The maximum absolute atomic E-state index is 12.7. The molecule has 108 valence electrons. The van der Waals surface area contributed by atoms with Gasteiger partial charge in [-0.2, -0.15) is 0 Å². The lowest BCUT2D eigenvalue weighted by Crippen LogP contribution is -2.31. The second-order valence-corrected chi connectivity index (χ2v) is 4.82. The average molecular weight is 284 g/mol. The van der Waals surface area contributed by atoms with Gasteiger partial charge in [-0.1, -0.05) is 0 Å². The quantitative estimate of drug-likeness (QED) is 0.723. The molecule has 0 fully saturated rings. The second-order valence-electron chi connectivity index (χ2n) is 4.82. The van der Waals surface area contributed by atoms with E-state index in [0.29, 0.717) is 18.8 Å². The molecule has 0 aliphatic carbocycles. The standard InChI is InChI=1S/C16H16N2O3/c1-17-8-2-7-15(17)16(19)18(11-13-5-3-9-20-13)12-14-6-4-10-21-14/h2-10H,11-12H2,1H3. The lowest BCUT2D eigenvalue weighted by molar-refractivity contribution is 0.0695. The summed E-state index contributed by atoms with van der Waals surface area (Å²) in [5.74, 6) is 1.42. The third kappa shape index (κ3) is 2.91. The summed E-state index contributed by atoms with van der Waals surface area (Å²) in [4.78, 5) is 14.4. The molecular weight excluding hydrogens is 268 g/mol. The van der Waals surface area contributed by atoms with Crippen LogP contribution in [0.15, 0.2) is 64.0 Å². The molecular formula is C16H16N2O3. The first-order valence-electron chi connectivity index (χ1n) is 6.69. The van der Waals surface area contributed by atoms with Gasteiger partial charge in [-0.3, -0.25) is 4.79 Å². The van der Waals surface area contributed by atoms with Crippen LogP contribution < -0.4 is 0 Å². The van der Waals surface area contributed by atoms with Crippen molar-refractivity contribution in [1.29, 1.82) is 0 Å². The Morgan fingerprint density at radius 3 is 2.10 bits per heavy atom. The van der Waals surface area contributed by atoms with Crippen molar-refractivity contribution in [2.24, 2.45) is 7.05 Å². The molecule has 5 nitrogen and oxygen atoms in total. The van der Waals surface area contributed by atoms with E-state index in [-0.39, 0.29) is 5.91 Å². The maximum Gasteiger partial charge on any atom is 0.271 e. The lowest BCUT2D eigenvalue weighted by atomic mass is 10.3. The van der Waals surface area contributed by atoms with E-state index in [2.05, 4.69) is 0 Å². The molecule has 0 aliphatic rings. The Labute approximate surface area is 122 Å². The van der Waals surface area contributed by atoms with Crippen LogP contribution in [0.1, 0.15) is 22.0 Å². The summed E-state index contributed by atoms with van der Waals surface area (Å²) in [6.07, 6.45) is 5.06. The second kappa shape index (κ2) is 5.75. The number of furan rings is 2. The number of carbonyl (C=O) groups excluding carboxylic acids is 1. The van der Waals surface area contributed by atoms with E-state index < -0.39 is 0 Å². The van der Waals surface area contributed by atoms with Gasteiger partial charge in [0.2, 0.25) is 0 Å². The molecule has 21 heavy (non-hydrogen) atoms. The van der Waals surface area contributed by atoms with Gasteiger partial charge in [-0.05, 0) is 36.4 Å². The Balaban J connectivity index is 1.84. The van der Waals surface area contributed by atoms with E-state index in [0.717, 1.165) is 11.5 Å². The summed E-state index contributed by atoms with van der Waals surface area (Å²) in [7, 11) is 1.85. The highest BCUT2D eigenvalue weighted by molar-refractivity contribution is 5.92. The zero-order valence-electron chi connectivity index (χ0n) is 11.7. The first-order chi connectivity index (χ1) is 10.2. The van der Waals surface area contributed by atoms with Gasteiger partial charge in [0.15, 0.2) is 0 Å². The van der Waals surface area contributed by atoms with Crippen LogP contribution in [0.4, 0.5) is 0 Å². The van der Waals surface area contributed by atoms with E-state index in [1.807, 2.05) is 43.6 Å². The van der Waals surface area contributed by atoms with E-state index in [1.54, 1.807) is 28.1 Å². The van der Waals surface area contributed by atoms with E-state index in [4.69, 9.17) is 8.83 Å². The highest BCUT2D eigenvalue weighted by Crippen LogP contribution is 2.15. The fraction of sp³-hybridized carbons (Fsp3) is 0.188. The summed E-state index contributed by atoms with van der Waals surface area (Å²) < 4.78 is 12.5. The monoisotopic (exact) mass is 284 g/mol. The Morgan fingerprint density at radius 2 is 1.67 bits per heavy atom. The first-order valence-corrected chi connectivity index (χ1v) is 6.69. The number of carbonyl (C=O) groups is 1. The number of hydrogen-bond donors (Lipinski definition) is 0. The molecule has 3 aromatic rings. The molecule has 5 heteroatoms. The molecule has 0 unspecified atom stereocenters. The van der Waals surface area contributed by atoms with Crippen LogP contribution in [-0.2, 0) is 20.1 Å². The van der Waals surface area contributed by atoms with Gasteiger partial charge < -0.3 is 18.3 Å². The molecule has 3 aromatic heterocycles. The van der Waals surface area contributed by atoms with Gasteiger partial charge in [0.05, 0.1) is 25.6 Å². The third-order valence-electron chi connectivity index (χ3n) is 3.30. The molecule has 0 spiro atoms. The van der Waals surface area contributed by atoms with Crippen molar-refractivity contribution in [3.63, 3.8) is 0 Å². The van der Waals surface area contributed by atoms with E-state index >= 15 is 0 Å². The molecule has 0 N–H and O–H groups in total. The number of hydrogen-bond acceptors (Lipinski definition) is 3. The predicted octanol–water partition coefficient (Wildman–Crippen LogP) is 3.05. The average Bonchev–Trinajstić information content (AvgIpc) is 3.19. The van der Waals surface area contributed by atoms with Crippen molar-refractivity contribution < 1.29 is 13.6 Å². The molecule has 1 amide bonds.